The molecule has 154 valence electrons. The van der Waals surface area contributed by atoms with Crippen LogP contribution in [0, 0.1) is 0 Å². The zero-order chi connectivity index (χ0) is 20.3. The number of rotatable bonds is 6. The third kappa shape index (κ3) is 3.76. The van der Waals surface area contributed by atoms with Crippen LogP contribution in [0.25, 0.3) is 22.2 Å². The normalized spacial score (nSPS) is 14.8. The van der Waals surface area contributed by atoms with Gasteiger partial charge in [0.15, 0.2) is 0 Å². The Morgan fingerprint density at radius 1 is 1.07 bits per heavy atom. The van der Waals surface area contributed by atoms with Crippen molar-refractivity contribution in [3.8, 4) is 16.9 Å². The third-order valence-electron chi connectivity index (χ3n) is 5.65. The number of piperidine rings is 1. The molecule has 0 amide bonds. The molecular formula is C23H25N5O2. The molecule has 4 heterocycles. The zero-order valence-electron chi connectivity index (χ0n) is 17.0. The lowest BCUT2D eigenvalue weighted by Crippen LogP contribution is -2.29. The van der Waals surface area contributed by atoms with Gasteiger partial charge in [0, 0.05) is 29.7 Å². The van der Waals surface area contributed by atoms with Gasteiger partial charge in [-0.15, -0.1) is 0 Å². The van der Waals surface area contributed by atoms with E-state index in [1.807, 2.05) is 48.9 Å². The molecule has 1 fully saturated rings. The van der Waals surface area contributed by atoms with E-state index in [0.29, 0.717) is 12.6 Å². The summed E-state index contributed by atoms with van der Waals surface area (Å²) in [7, 11) is 1.66. The summed E-state index contributed by atoms with van der Waals surface area (Å²) in [6, 6.07) is 12.4. The third-order valence-corrected chi connectivity index (χ3v) is 5.65. The van der Waals surface area contributed by atoms with E-state index in [9.17, 15) is 0 Å². The van der Waals surface area contributed by atoms with E-state index in [2.05, 4.69) is 32.3 Å². The van der Waals surface area contributed by atoms with Crippen molar-refractivity contribution in [1.29, 1.82) is 0 Å². The minimum Gasteiger partial charge on any atom is -0.497 e. The minimum absolute atomic E-state index is 0.464. The smallest absolute Gasteiger partial charge is 0.140 e. The highest BCUT2D eigenvalue weighted by molar-refractivity contribution is 5.80. The van der Waals surface area contributed by atoms with Crippen LogP contribution in [0.15, 0.2) is 61.2 Å². The molecule has 5 rings (SSSR count). The van der Waals surface area contributed by atoms with Crippen LogP contribution in [-0.2, 0) is 6.61 Å². The molecule has 1 N–H and O–H groups in total. The summed E-state index contributed by atoms with van der Waals surface area (Å²) < 4.78 is 9.09. The number of aromatic nitrogens is 4. The fraction of sp³-hybridized carbons (Fsp3) is 0.304. The summed E-state index contributed by atoms with van der Waals surface area (Å²) in [5.74, 6) is 0.837. The molecule has 0 unspecified atom stereocenters. The first-order chi connectivity index (χ1) is 14.8. The van der Waals surface area contributed by atoms with E-state index in [1.54, 1.807) is 11.8 Å². The van der Waals surface area contributed by atoms with E-state index in [1.165, 1.54) is 0 Å². The van der Waals surface area contributed by atoms with Crippen molar-refractivity contribution in [2.24, 2.45) is 0 Å². The lowest BCUT2D eigenvalue weighted by atomic mass is 10.1. The van der Waals surface area contributed by atoms with Gasteiger partial charge in [-0.2, -0.15) is 9.83 Å². The molecule has 3 aromatic heterocycles. The molecule has 1 saturated heterocycles. The summed E-state index contributed by atoms with van der Waals surface area (Å²) in [6.45, 7) is 2.56. The Hall–Kier alpha value is -3.32. The van der Waals surface area contributed by atoms with Gasteiger partial charge in [0.2, 0.25) is 0 Å². The van der Waals surface area contributed by atoms with Crippen molar-refractivity contribution in [3.63, 3.8) is 0 Å². The topological polar surface area (TPSA) is 66.1 Å². The number of pyridine rings is 1. The van der Waals surface area contributed by atoms with Crippen LogP contribution < -0.4 is 14.9 Å². The second-order valence-electron chi connectivity index (χ2n) is 7.58. The van der Waals surface area contributed by atoms with Crippen molar-refractivity contribution in [3.05, 3.63) is 66.7 Å². The van der Waals surface area contributed by atoms with Crippen molar-refractivity contribution >= 4 is 11.0 Å². The first-order valence-corrected chi connectivity index (χ1v) is 10.3. The first kappa shape index (κ1) is 18.7. The number of hydrogen-bond acceptors (Lipinski definition) is 5. The lowest BCUT2D eigenvalue weighted by Gasteiger charge is -2.22. The average molecular weight is 403 g/mol. The number of methoxy groups -OCH3 is 1. The van der Waals surface area contributed by atoms with Crippen LogP contribution >= 0.6 is 0 Å². The molecule has 0 atom stereocenters. The number of ether oxygens (including phenoxy) is 1. The van der Waals surface area contributed by atoms with Gasteiger partial charge >= 0.3 is 0 Å². The van der Waals surface area contributed by atoms with Gasteiger partial charge < -0.3 is 14.9 Å². The molecule has 0 radical (unpaired) electrons. The molecule has 7 nitrogen and oxygen atoms in total. The molecule has 1 aliphatic rings. The zero-order valence-corrected chi connectivity index (χ0v) is 17.0. The highest BCUT2D eigenvalue weighted by atomic mass is 16.7. The van der Waals surface area contributed by atoms with Gasteiger partial charge in [-0.05, 0) is 55.8 Å². The maximum absolute atomic E-state index is 6.02. The van der Waals surface area contributed by atoms with Gasteiger partial charge in [0.25, 0.3) is 0 Å². The van der Waals surface area contributed by atoms with E-state index in [0.717, 1.165) is 59.4 Å². The lowest BCUT2D eigenvalue weighted by molar-refractivity contribution is 0.107. The van der Waals surface area contributed by atoms with Gasteiger partial charge in [-0.25, -0.2) is 0 Å². The van der Waals surface area contributed by atoms with Crippen LogP contribution in [0.1, 0.15) is 24.4 Å². The predicted octanol–water partition coefficient (Wildman–Crippen LogP) is 3.46. The quantitative estimate of drug-likeness (QED) is 0.534. The Balaban J connectivity index is 1.35. The average Bonchev–Trinajstić information content (AvgIpc) is 3.46. The Labute approximate surface area is 175 Å². The molecule has 1 aliphatic heterocycles. The molecule has 0 saturated carbocycles. The number of fused-ring (bicyclic) bond motifs is 1. The van der Waals surface area contributed by atoms with Crippen LogP contribution in [-0.4, -0.2) is 39.7 Å². The summed E-state index contributed by atoms with van der Waals surface area (Å²) in [5, 5.41) is 8.01. The van der Waals surface area contributed by atoms with Crippen molar-refractivity contribution in [2.75, 3.05) is 20.2 Å². The minimum atomic E-state index is 0.464. The monoisotopic (exact) mass is 403 g/mol. The maximum atomic E-state index is 6.02. The molecule has 30 heavy (non-hydrogen) atoms. The van der Waals surface area contributed by atoms with E-state index in [-0.39, 0.29) is 0 Å². The van der Waals surface area contributed by atoms with Crippen molar-refractivity contribution in [1.82, 2.24) is 24.8 Å². The largest absolute Gasteiger partial charge is 0.497 e. The fourth-order valence-corrected chi connectivity index (χ4v) is 3.88. The SMILES string of the molecule is COc1ccc(COn2ccc3ncc(-c4cnn(C5CCNCC5)c4)cc32)cc1. The fourth-order valence-electron chi connectivity index (χ4n) is 3.88. The Morgan fingerprint density at radius 2 is 1.90 bits per heavy atom. The summed E-state index contributed by atoms with van der Waals surface area (Å²) in [5.41, 5.74) is 5.03. The van der Waals surface area contributed by atoms with Crippen LogP contribution in [0.3, 0.4) is 0 Å². The van der Waals surface area contributed by atoms with Crippen LogP contribution in [0.5, 0.6) is 5.75 Å². The Bertz CT molecular complexity index is 1130. The molecule has 1 aromatic carbocycles. The van der Waals surface area contributed by atoms with Gasteiger partial charge in [-0.1, -0.05) is 12.1 Å². The number of hydrogen-bond donors (Lipinski definition) is 1. The Morgan fingerprint density at radius 3 is 2.70 bits per heavy atom. The summed E-state index contributed by atoms with van der Waals surface area (Å²) in [4.78, 5) is 10.6. The predicted molar refractivity (Wildman–Crippen MR) is 115 cm³/mol. The molecule has 0 spiro atoms. The summed E-state index contributed by atoms with van der Waals surface area (Å²) >= 11 is 0. The number of nitrogens with zero attached hydrogens (tertiary/aromatic N) is 4. The van der Waals surface area contributed by atoms with Gasteiger partial charge in [0.05, 0.1) is 24.9 Å². The number of nitrogens with one attached hydrogen (secondary N) is 1. The molecule has 0 aliphatic carbocycles. The van der Waals surface area contributed by atoms with Gasteiger partial charge in [0.1, 0.15) is 17.9 Å². The Kier molecular flexibility index (Phi) is 5.11. The molecular weight excluding hydrogens is 378 g/mol. The second-order valence-corrected chi connectivity index (χ2v) is 7.58. The van der Waals surface area contributed by atoms with E-state index in [4.69, 9.17) is 9.57 Å². The van der Waals surface area contributed by atoms with Gasteiger partial charge in [-0.3, -0.25) is 9.67 Å². The molecule has 7 heteroatoms. The van der Waals surface area contributed by atoms with E-state index >= 15 is 0 Å². The highest BCUT2D eigenvalue weighted by Crippen LogP contribution is 2.25. The van der Waals surface area contributed by atoms with Crippen LogP contribution in [0.4, 0.5) is 0 Å². The number of benzene rings is 1. The van der Waals surface area contributed by atoms with E-state index < -0.39 is 0 Å². The van der Waals surface area contributed by atoms with Crippen molar-refractivity contribution in [2.45, 2.75) is 25.5 Å². The summed E-state index contributed by atoms with van der Waals surface area (Å²) in [6.07, 6.45) is 10.1. The highest BCUT2D eigenvalue weighted by Gasteiger charge is 2.16. The first-order valence-electron chi connectivity index (χ1n) is 10.3. The molecule has 0 bridgehead atoms. The molecule has 4 aromatic rings. The van der Waals surface area contributed by atoms with Crippen molar-refractivity contribution < 1.29 is 9.57 Å². The second kappa shape index (κ2) is 8.20. The standard InChI is InChI=1S/C23H25N5O2/c1-29-21-4-2-17(3-5-21)16-30-28-11-8-22-23(28)12-18(13-25-22)19-14-26-27(15-19)20-6-9-24-10-7-20/h2-5,8,11-15,20,24H,6-7,9-10,16H2,1H3. The van der Waals surface area contributed by atoms with Crippen LogP contribution in [0.2, 0.25) is 0 Å². The maximum Gasteiger partial charge on any atom is 0.140 e.